The molecule has 6 atom stereocenters. The topological polar surface area (TPSA) is 53.0 Å². The van der Waals surface area contributed by atoms with Gasteiger partial charge in [0.25, 0.3) is 0 Å². The van der Waals surface area contributed by atoms with Crippen LogP contribution in [0.4, 0.5) is 0 Å². The Morgan fingerprint density at radius 1 is 1.00 bits per heavy atom. The van der Waals surface area contributed by atoms with E-state index >= 15 is 0 Å². The second kappa shape index (κ2) is 10.0. The number of nitrogens with zero attached hydrogens (tertiary/aromatic N) is 2. The monoisotopic (exact) mass is 500 g/mol. The van der Waals surface area contributed by atoms with E-state index in [1.807, 2.05) is 0 Å². The minimum absolute atomic E-state index is 0.113. The highest BCUT2D eigenvalue weighted by Crippen LogP contribution is 2.56. The molecule has 1 N–H and O–H groups in total. The number of carbonyl (C=O) groups excluding carboxylic acids is 1. The van der Waals surface area contributed by atoms with E-state index in [1.165, 1.54) is 16.7 Å². The summed E-state index contributed by atoms with van der Waals surface area (Å²) in [4.78, 5) is 18.1. The van der Waals surface area contributed by atoms with E-state index in [9.17, 15) is 9.90 Å². The van der Waals surface area contributed by atoms with Gasteiger partial charge in [0.2, 0.25) is 0 Å². The van der Waals surface area contributed by atoms with Gasteiger partial charge in [0, 0.05) is 50.5 Å². The number of rotatable bonds is 5. The molecule has 2 heterocycles. The Kier molecular flexibility index (Phi) is 6.72. The molecule has 37 heavy (non-hydrogen) atoms. The third-order valence-electron chi connectivity index (χ3n) is 10.0. The van der Waals surface area contributed by atoms with Gasteiger partial charge in [-0.25, -0.2) is 0 Å². The highest BCUT2D eigenvalue weighted by atomic mass is 16.6. The lowest BCUT2D eigenvalue weighted by atomic mass is 9.55. The first-order valence-corrected chi connectivity index (χ1v) is 14.1. The van der Waals surface area contributed by atoms with Gasteiger partial charge in [-0.15, -0.1) is 0 Å². The molecule has 4 aliphatic rings. The average Bonchev–Trinajstić information content (AvgIpc) is 3.23. The molecule has 1 saturated carbocycles. The van der Waals surface area contributed by atoms with Gasteiger partial charge < -0.3 is 9.84 Å². The Morgan fingerprint density at radius 3 is 2.24 bits per heavy atom. The van der Waals surface area contributed by atoms with E-state index in [2.05, 4.69) is 90.4 Å². The number of esters is 1. The molecule has 2 aliphatic heterocycles. The SMILES string of the molecule is C[C@H]1CCC=C2C[C@H]3OC(=O)[C@H](CN4CCN(C(c5ccccc5)c5ccccc5)CC4)[C@@H]3[C@@H](O)[C@@]21C. The summed E-state index contributed by atoms with van der Waals surface area (Å²) in [6, 6.07) is 21.7. The molecular weight excluding hydrogens is 460 g/mol. The van der Waals surface area contributed by atoms with E-state index in [0.717, 1.165) is 45.4 Å². The molecule has 0 radical (unpaired) electrons. The minimum Gasteiger partial charge on any atom is -0.461 e. The van der Waals surface area contributed by atoms with Crippen molar-refractivity contribution >= 4 is 5.97 Å². The van der Waals surface area contributed by atoms with Gasteiger partial charge in [0.15, 0.2) is 0 Å². The highest BCUT2D eigenvalue weighted by molar-refractivity contribution is 5.76. The third kappa shape index (κ3) is 4.35. The van der Waals surface area contributed by atoms with Crippen LogP contribution in [0.15, 0.2) is 72.3 Å². The normalized spacial score (nSPS) is 34.5. The number of aliphatic hydroxyl groups is 1. The summed E-state index contributed by atoms with van der Waals surface area (Å²) in [5.41, 5.74) is 3.68. The molecule has 0 unspecified atom stereocenters. The summed E-state index contributed by atoms with van der Waals surface area (Å²) in [5, 5.41) is 11.7. The van der Waals surface area contributed by atoms with Crippen LogP contribution < -0.4 is 0 Å². The van der Waals surface area contributed by atoms with E-state index in [4.69, 9.17) is 4.74 Å². The zero-order chi connectivity index (χ0) is 25.6. The highest BCUT2D eigenvalue weighted by Gasteiger charge is 2.59. The number of hydrogen-bond donors (Lipinski definition) is 1. The number of allylic oxidation sites excluding steroid dienone is 1. The second-order valence-corrected chi connectivity index (χ2v) is 11.9. The van der Waals surface area contributed by atoms with E-state index in [1.54, 1.807) is 0 Å². The molecule has 0 aromatic heterocycles. The summed E-state index contributed by atoms with van der Waals surface area (Å²) in [6.07, 6.45) is 4.53. The zero-order valence-corrected chi connectivity index (χ0v) is 22.1. The largest absolute Gasteiger partial charge is 0.461 e. The Hall–Kier alpha value is -2.47. The van der Waals surface area contributed by atoms with Crippen LogP contribution in [-0.2, 0) is 9.53 Å². The molecule has 5 heteroatoms. The molecule has 0 bridgehead atoms. The van der Waals surface area contributed by atoms with Crippen LogP contribution in [0.1, 0.15) is 50.3 Å². The van der Waals surface area contributed by atoms with Gasteiger partial charge in [-0.3, -0.25) is 14.6 Å². The lowest BCUT2D eigenvalue weighted by Gasteiger charge is -2.52. The molecule has 3 fully saturated rings. The summed E-state index contributed by atoms with van der Waals surface area (Å²) in [5.74, 6) is -0.0672. The van der Waals surface area contributed by atoms with Crippen LogP contribution in [-0.4, -0.2) is 65.8 Å². The van der Waals surface area contributed by atoms with Crippen molar-refractivity contribution in [2.45, 2.75) is 51.4 Å². The van der Waals surface area contributed by atoms with Crippen molar-refractivity contribution < 1.29 is 14.6 Å². The fourth-order valence-corrected chi connectivity index (χ4v) is 7.64. The van der Waals surface area contributed by atoms with Crippen molar-refractivity contribution in [3.63, 3.8) is 0 Å². The fraction of sp³-hybridized carbons (Fsp3) is 0.531. The second-order valence-electron chi connectivity index (χ2n) is 11.9. The Bertz CT molecular complexity index is 1090. The minimum atomic E-state index is -0.536. The van der Waals surface area contributed by atoms with Crippen molar-refractivity contribution in [3.8, 4) is 0 Å². The Morgan fingerprint density at radius 2 is 1.62 bits per heavy atom. The molecule has 5 nitrogen and oxygen atoms in total. The van der Waals surface area contributed by atoms with Crippen LogP contribution in [0.3, 0.4) is 0 Å². The molecule has 2 aliphatic carbocycles. The zero-order valence-electron chi connectivity index (χ0n) is 22.1. The summed E-state index contributed by atoms with van der Waals surface area (Å²) in [6.45, 7) is 8.85. The first-order valence-electron chi connectivity index (χ1n) is 14.1. The predicted octanol–water partition coefficient (Wildman–Crippen LogP) is 4.68. The van der Waals surface area contributed by atoms with Crippen molar-refractivity contribution in [2.75, 3.05) is 32.7 Å². The molecule has 0 spiro atoms. The van der Waals surface area contributed by atoms with Gasteiger partial charge in [-0.1, -0.05) is 86.2 Å². The van der Waals surface area contributed by atoms with Crippen LogP contribution in [0, 0.1) is 23.2 Å². The summed E-state index contributed by atoms with van der Waals surface area (Å²) >= 11 is 0. The maximum Gasteiger partial charge on any atom is 0.311 e. The maximum absolute atomic E-state index is 13.1. The van der Waals surface area contributed by atoms with Gasteiger partial charge in [-0.05, 0) is 29.9 Å². The van der Waals surface area contributed by atoms with Crippen LogP contribution in [0.2, 0.25) is 0 Å². The van der Waals surface area contributed by atoms with Crippen molar-refractivity contribution in [1.29, 1.82) is 0 Å². The fourth-order valence-electron chi connectivity index (χ4n) is 7.64. The molecule has 2 aromatic rings. The number of fused-ring (bicyclic) bond motifs is 2. The summed E-state index contributed by atoms with van der Waals surface area (Å²) in [7, 11) is 0. The lowest BCUT2D eigenvalue weighted by Crippen LogP contribution is -2.55. The number of ether oxygens (including phenoxy) is 1. The third-order valence-corrected chi connectivity index (χ3v) is 10.0. The van der Waals surface area contributed by atoms with Gasteiger partial charge in [0.05, 0.1) is 18.1 Å². The van der Waals surface area contributed by atoms with Gasteiger partial charge >= 0.3 is 5.97 Å². The van der Waals surface area contributed by atoms with Crippen LogP contribution >= 0.6 is 0 Å². The van der Waals surface area contributed by atoms with E-state index in [0.29, 0.717) is 12.5 Å². The lowest BCUT2D eigenvalue weighted by molar-refractivity contribution is -0.145. The molecule has 196 valence electrons. The van der Waals surface area contributed by atoms with Crippen LogP contribution in [0.5, 0.6) is 0 Å². The molecule has 2 aromatic carbocycles. The summed E-state index contributed by atoms with van der Waals surface area (Å²) < 4.78 is 5.92. The first kappa shape index (κ1) is 24.8. The molecule has 6 rings (SSSR count). The number of piperazine rings is 1. The Balaban J connectivity index is 1.16. The quantitative estimate of drug-likeness (QED) is 0.477. The Labute approximate surface area is 221 Å². The average molecular weight is 501 g/mol. The molecule has 0 amide bonds. The standard InChI is InChI=1S/C32H40N2O3/c1-22-10-9-15-25-20-27-28(30(35)32(22,25)2)26(31(36)37-27)21-33-16-18-34(19-17-33)29(23-11-5-3-6-12-23)24-13-7-4-8-14-24/h3-8,11-15,22,26-30,35H,9-10,16-21H2,1-2H3/t22-,26+,27+,28-,30+,32+/m0/s1. The van der Waals surface area contributed by atoms with Crippen LogP contribution in [0.25, 0.3) is 0 Å². The van der Waals surface area contributed by atoms with Crippen molar-refractivity contribution in [1.82, 2.24) is 9.80 Å². The predicted molar refractivity (Wildman–Crippen MR) is 145 cm³/mol. The van der Waals surface area contributed by atoms with Gasteiger partial charge in [-0.2, -0.15) is 0 Å². The van der Waals surface area contributed by atoms with E-state index in [-0.39, 0.29) is 35.4 Å². The van der Waals surface area contributed by atoms with Crippen molar-refractivity contribution in [2.24, 2.45) is 23.2 Å². The van der Waals surface area contributed by atoms with E-state index < -0.39 is 6.10 Å². The van der Waals surface area contributed by atoms with Crippen molar-refractivity contribution in [3.05, 3.63) is 83.4 Å². The smallest absolute Gasteiger partial charge is 0.311 e. The van der Waals surface area contributed by atoms with Gasteiger partial charge in [0.1, 0.15) is 6.10 Å². The number of carbonyl (C=O) groups is 1. The number of hydrogen-bond acceptors (Lipinski definition) is 5. The number of aliphatic hydroxyl groups excluding tert-OH is 1. The maximum atomic E-state index is 13.1. The number of benzene rings is 2. The molecular formula is C32H40N2O3. The first-order chi connectivity index (χ1) is 18.0. The molecule has 2 saturated heterocycles.